The van der Waals surface area contributed by atoms with Gasteiger partial charge < -0.3 is 29.0 Å². The second-order valence-electron chi connectivity index (χ2n) is 2.85. The molecule has 17 heavy (non-hydrogen) atoms. The molecule has 0 aromatic heterocycles. The molecule has 0 aromatic carbocycles. The highest BCUT2D eigenvalue weighted by atomic mass is 16.7. The zero-order valence-electron chi connectivity index (χ0n) is 10.2. The van der Waals surface area contributed by atoms with Gasteiger partial charge >= 0.3 is 14.6 Å². The summed E-state index contributed by atoms with van der Waals surface area (Å²) in [6, 6.07) is 1.87. The molecule has 0 atom stereocenters. The summed E-state index contributed by atoms with van der Waals surface area (Å²) in [6.45, 7) is 5.17. The van der Waals surface area contributed by atoms with Gasteiger partial charge in [0.25, 0.3) is 0 Å². The molecule has 0 aromatic rings. The van der Waals surface area contributed by atoms with Crippen LogP contribution in [0.3, 0.4) is 0 Å². The molecular formula is C8H19B2NO6. The van der Waals surface area contributed by atoms with Crippen LogP contribution >= 0.6 is 0 Å². The summed E-state index contributed by atoms with van der Waals surface area (Å²) in [5.74, 6) is 0. The van der Waals surface area contributed by atoms with Crippen molar-refractivity contribution in [2.24, 2.45) is 0 Å². The van der Waals surface area contributed by atoms with E-state index in [9.17, 15) is 0 Å². The van der Waals surface area contributed by atoms with Crippen molar-refractivity contribution in [3.8, 4) is 6.07 Å². The van der Waals surface area contributed by atoms with Crippen molar-refractivity contribution in [2.75, 3.05) is 19.8 Å². The average Bonchev–Trinajstić information content (AvgIpc) is 2.27. The highest BCUT2D eigenvalue weighted by Gasteiger charge is 2.19. The molecule has 0 heterocycles. The molecule has 0 aliphatic rings. The van der Waals surface area contributed by atoms with Crippen LogP contribution in [-0.2, 0) is 14.0 Å². The van der Waals surface area contributed by atoms with Crippen molar-refractivity contribution in [1.29, 1.82) is 5.26 Å². The number of hydrogen-bond acceptors (Lipinski definition) is 7. The fraction of sp³-hybridized carbons (Fsp3) is 0.875. The Balaban J connectivity index is 0. The van der Waals surface area contributed by atoms with Crippen LogP contribution in [0.2, 0.25) is 0 Å². The van der Waals surface area contributed by atoms with Crippen molar-refractivity contribution in [2.45, 2.75) is 26.7 Å². The molecule has 0 rings (SSSR count). The average molecular weight is 247 g/mol. The van der Waals surface area contributed by atoms with E-state index in [0.717, 1.165) is 12.8 Å². The molecule has 0 radical (unpaired) electrons. The molecule has 7 nitrogen and oxygen atoms in total. The summed E-state index contributed by atoms with van der Waals surface area (Å²) in [4.78, 5) is 0. The smallest absolute Gasteiger partial charge is 0.402 e. The molecule has 0 amide bonds. The summed E-state index contributed by atoms with van der Waals surface area (Å²) in [7, 11) is -2.85. The highest BCUT2D eigenvalue weighted by molar-refractivity contribution is 6.36. The van der Waals surface area contributed by atoms with Gasteiger partial charge in [0, 0.05) is 13.2 Å². The Morgan fingerprint density at radius 2 is 1.41 bits per heavy atom. The van der Waals surface area contributed by atoms with Gasteiger partial charge in [-0.1, -0.05) is 13.8 Å². The highest BCUT2D eigenvalue weighted by Crippen LogP contribution is 1.95. The first-order valence-electron chi connectivity index (χ1n) is 5.34. The largest absolute Gasteiger partial charge is 0.640 e. The van der Waals surface area contributed by atoms with E-state index in [0.29, 0.717) is 13.2 Å². The van der Waals surface area contributed by atoms with Crippen molar-refractivity contribution in [3.05, 3.63) is 0 Å². The van der Waals surface area contributed by atoms with Crippen LogP contribution in [0.1, 0.15) is 26.7 Å². The first kappa shape index (κ1) is 18.7. The zero-order valence-corrected chi connectivity index (χ0v) is 10.2. The maximum atomic E-state index is 8.28. The predicted molar refractivity (Wildman–Crippen MR) is 62.2 cm³/mol. The minimum Gasteiger partial charge on any atom is -0.402 e. The van der Waals surface area contributed by atoms with Gasteiger partial charge in [0.05, 0.1) is 6.07 Å². The summed E-state index contributed by atoms with van der Waals surface area (Å²) in [5.41, 5.74) is 0. The molecule has 0 fully saturated rings. The Morgan fingerprint density at radius 1 is 1.00 bits per heavy atom. The minimum atomic E-state index is -2.17. The molecule has 0 saturated carbocycles. The Labute approximate surface area is 102 Å². The second-order valence-corrected chi connectivity index (χ2v) is 2.85. The van der Waals surface area contributed by atoms with E-state index in [4.69, 9.17) is 34.3 Å². The minimum absolute atomic E-state index is 0.00189. The third-order valence-electron chi connectivity index (χ3n) is 1.20. The molecule has 9 heteroatoms. The lowest BCUT2D eigenvalue weighted by Gasteiger charge is -2.11. The van der Waals surface area contributed by atoms with Crippen LogP contribution in [0.25, 0.3) is 0 Å². The summed E-state index contributed by atoms with van der Waals surface area (Å²) in [5, 5.41) is 29.8. The Kier molecular flexibility index (Phi) is 17.0. The quantitative estimate of drug-likeness (QED) is 0.486. The normalized spacial score (nSPS) is 8.94. The first-order valence-corrected chi connectivity index (χ1v) is 5.34. The molecule has 0 bridgehead atoms. The van der Waals surface area contributed by atoms with Crippen LogP contribution in [0.5, 0.6) is 0 Å². The van der Waals surface area contributed by atoms with Gasteiger partial charge in [-0.15, -0.1) is 0 Å². The van der Waals surface area contributed by atoms with E-state index < -0.39 is 14.6 Å². The van der Waals surface area contributed by atoms with Crippen LogP contribution in [-0.4, -0.2) is 49.5 Å². The lowest BCUT2D eigenvalue weighted by molar-refractivity contribution is 0.103. The Morgan fingerprint density at radius 3 is 1.71 bits per heavy atom. The third-order valence-corrected chi connectivity index (χ3v) is 1.20. The number of nitrogens with zero attached hydrogens (tertiary/aromatic N) is 1. The van der Waals surface area contributed by atoms with Crippen LogP contribution in [0.15, 0.2) is 0 Å². The summed E-state index contributed by atoms with van der Waals surface area (Å²) >= 11 is 0. The van der Waals surface area contributed by atoms with Crippen molar-refractivity contribution < 1.29 is 29.0 Å². The molecule has 0 aliphatic heterocycles. The molecule has 0 unspecified atom stereocenters. The number of rotatable bonds is 8. The van der Waals surface area contributed by atoms with Crippen molar-refractivity contribution in [1.82, 2.24) is 0 Å². The van der Waals surface area contributed by atoms with E-state index in [-0.39, 0.29) is 6.61 Å². The maximum absolute atomic E-state index is 8.28. The van der Waals surface area contributed by atoms with E-state index in [1.165, 1.54) is 0 Å². The molecule has 0 saturated heterocycles. The molecular weight excluding hydrogens is 228 g/mol. The molecule has 0 spiro atoms. The third kappa shape index (κ3) is 21.3. The van der Waals surface area contributed by atoms with Gasteiger partial charge in [-0.05, 0) is 12.8 Å². The predicted octanol–water partition coefficient (Wildman–Crippen LogP) is -0.687. The maximum Gasteiger partial charge on any atom is 0.640 e. The first-order chi connectivity index (χ1) is 8.08. The van der Waals surface area contributed by atoms with E-state index in [2.05, 4.69) is 0 Å². The molecule has 98 valence electrons. The lowest BCUT2D eigenvalue weighted by Crippen LogP contribution is -2.28. The topological polar surface area (TPSA) is 112 Å². The Hall–Kier alpha value is -0.620. The van der Waals surface area contributed by atoms with Gasteiger partial charge in [0.2, 0.25) is 0 Å². The van der Waals surface area contributed by atoms with Gasteiger partial charge in [-0.25, -0.2) is 0 Å². The number of hydrogen-bond donors (Lipinski definition) is 3. The van der Waals surface area contributed by atoms with E-state index >= 15 is 0 Å². The lowest BCUT2D eigenvalue weighted by atomic mass is 10.2. The fourth-order valence-electron chi connectivity index (χ4n) is 0.678. The second kappa shape index (κ2) is 15.4. The van der Waals surface area contributed by atoms with Gasteiger partial charge in [-0.2, -0.15) is 5.26 Å². The summed E-state index contributed by atoms with van der Waals surface area (Å²) < 4.78 is 15.4. The monoisotopic (exact) mass is 247 g/mol. The van der Waals surface area contributed by atoms with Crippen LogP contribution in [0.4, 0.5) is 0 Å². The van der Waals surface area contributed by atoms with Gasteiger partial charge in [0.15, 0.2) is 0 Å². The standard InChI is InChI=1S/C8H16BNO3.BH3O3/c1-3-6-11-9(12-7-4-2)13-8-5-10;2-1(3)4/h3-4,6-8H2,1-2H3;2-4H. The van der Waals surface area contributed by atoms with Gasteiger partial charge in [-0.3, -0.25) is 0 Å². The van der Waals surface area contributed by atoms with E-state index in [1.54, 1.807) is 0 Å². The fourth-order valence-corrected chi connectivity index (χ4v) is 0.678. The van der Waals surface area contributed by atoms with Gasteiger partial charge in [0.1, 0.15) is 6.61 Å². The zero-order chi connectivity index (χ0) is 13.5. The van der Waals surface area contributed by atoms with Crippen LogP contribution in [0, 0.1) is 11.3 Å². The Bertz CT molecular complexity index is 179. The number of nitriles is 1. The van der Waals surface area contributed by atoms with Crippen molar-refractivity contribution in [3.63, 3.8) is 0 Å². The SMILES string of the molecule is CCCOB(OCC#N)OCCC.OB(O)O. The van der Waals surface area contributed by atoms with Crippen molar-refractivity contribution >= 4 is 14.6 Å². The van der Waals surface area contributed by atoms with Crippen LogP contribution < -0.4 is 0 Å². The molecule has 0 aliphatic carbocycles. The van der Waals surface area contributed by atoms with E-state index in [1.807, 2.05) is 19.9 Å². The summed E-state index contributed by atoms with van der Waals surface area (Å²) in [6.07, 6.45) is 1.81. The molecule has 3 N–H and O–H groups in total.